The molecule has 0 aliphatic rings. The maximum atomic E-state index is 12.4. The summed E-state index contributed by atoms with van der Waals surface area (Å²) in [5.41, 5.74) is -0.539. The molecule has 0 saturated carbocycles. The highest BCUT2D eigenvalue weighted by atomic mass is 16.5. The van der Waals surface area contributed by atoms with E-state index in [4.69, 9.17) is 4.74 Å². The van der Waals surface area contributed by atoms with Gasteiger partial charge in [0.25, 0.3) is 0 Å². The summed E-state index contributed by atoms with van der Waals surface area (Å²) in [6.45, 7) is 17.5. The van der Waals surface area contributed by atoms with Gasteiger partial charge in [0.05, 0.1) is 25.4 Å². The lowest BCUT2D eigenvalue weighted by atomic mass is 9.92. The minimum absolute atomic E-state index is 0.0528. The van der Waals surface area contributed by atoms with Crippen LogP contribution in [0.1, 0.15) is 68.2 Å². The van der Waals surface area contributed by atoms with Crippen LogP contribution >= 0.6 is 0 Å². The fraction of sp³-hybridized carbons (Fsp3) is 0.909. The average molecular weight is 417 g/mol. The number of rotatable bonds is 14. The Morgan fingerprint density at radius 3 is 1.69 bits per heavy atom. The molecule has 2 N–H and O–H groups in total. The highest BCUT2D eigenvalue weighted by molar-refractivity contribution is 5.76. The molecule has 0 bridgehead atoms. The number of aliphatic hydroxyl groups is 2. The Balaban J connectivity index is 4.79. The summed E-state index contributed by atoms with van der Waals surface area (Å²) in [4.78, 5) is 27.6. The molecule has 7 nitrogen and oxygen atoms in total. The number of ether oxygens (including phenoxy) is 1. The minimum atomic E-state index is -0.574. The lowest BCUT2D eigenvalue weighted by molar-refractivity contribution is -0.135. The molecule has 0 saturated heterocycles. The molecule has 2 amide bonds. The van der Waals surface area contributed by atoms with Gasteiger partial charge in [0, 0.05) is 50.4 Å². The third kappa shape index (κ3) is 12.9. The van der Waals surface area contributed by atoms with E-state index in [2.05, 4.69) is 0 Å². The predicted octanol–water partition coefficient (Wildman–Crippen LogP) is 2.29. The standard InChI is InChI=1S/C22H44N2O5/c1-9-10-20(28)24(12-18(3)26)14-22(7,8)16-29-15-21(5,6)13-23(19(4)27)11-17(2)25/h17-18,25-26H,9-16H2,1-8H3. The van der Waals surface area contributed by atoms with E-state index in [0.29, 0.717) is 45.8 Å². The van der Waals surface area contributed by atoms with Crippen molar-refractivity contribution in [1.82, 2.24) is 9.80 Å². The van der Waals surface area contributed by atoms with Crippen molar-refractivity contribution >= 4 is 11.8 Å². The topological polar surface area (TPSA) is 90.3 Å². The number of nitrogens with zero attached hydrogens (tertiary/aromatic N) is 2. The van der Waals surface area contributed by atoms with Gasteiger partial charge in [-0.2, -0.15) is 0 Å². The first-order valence-corrected chi connectivity index (χ1v) is 10.7. The molecule has 29 heavy (non-hydrogen) atoms. The van der Waals surface area contributed by atoms with Gasteiger partial charge >= 0.3 is 0 Å². The third-order valence-corrected chi connectivity index (χ3v) is 4.45. The highest BCUT2D eigenvalue weighted by Crippen LogP contribution is 2.23. The molecule has 0 radical (unpaired) electrons. The van der Waals surface area contributed by atoms with E-state index in [1.807, 2.05) is 34.6 Å². The number of hydrogen-bond acceptors (Lipinski definition) is 5. The Kier molecular flexibility index (Phi) is 12.0. The van der Waals surface area contributed by atoms with Crippen LogP contribution in [0, 0.1) is 10.8 Å². The van der Waals surface area contributed by atoms with Gasteiger partial charge in [0.2, 0.25) is 11.8 Å². The van der Waals surface area contributed by atoms with Crippen LogP contribution in [0.4, 0.5) is 0 Å². The van der Waals surface area contributed by atoms with Crippen molar-refractivity contribution in [1.29, 1.82) is 0 Å². The monoisotopic (exact) mass is 416 g/mol. The van der Waals surface area contributed by atoms with E-state index in [0.717, 1.165) is 6.42 Å². The van der Waals surface area contributed by atoms with Gasteiger partial charge in [0.15, 0.2) is 0 Å². The second-order valence-corrected chi connectivity index (χ2v) is 9.94. The van der Waals surface area contributed by atoms with E-state index in [1.54, 1.807) is 23.6 Å². The van der Waals surface area contributed by atoms with E-state index in [-0.39, 0.29) is 22.6 Å². The first kappa shape index (κ1) is 27.8. The zero-order valence-electron chi connectivity index (χ0n) is 19.8. The molecule has 0 heterocycles. The van der Waals surface area contributed by atoms with E-state index in [1.165, 1.54) is 6.92 Å². The smallest absolute Gasteiger partial charge is 0.222 e. The maximum absolute atomic E-state index is 12.4. The van der Waals surface area contributed by atoms with Gasteiger partial charge in [-0.15, -0.1) is 0 Å². The van der Waals surface area contributed by atoms with Crippen LogP contribution in [0.2, 0.25) is 0 Å². The molecular formula is C22H44N2O5. The molecule has 0 aromatic carbocycles. The van der Waals surface area contributed by atoms with Crippen molar-refractivity contribution in [3.8, 4) is 0 Å². The SMILES string of the molecule is CCCC(=O)N(CC(C)O)CC(C)(C)COCC(C)(C)CN(CC(C)O)C(C)=O. The van der Waals surface area contributed by atoms with Crippen LogP contribution in [0.5, 0.6) is 0 Å². The Morgan fingerprint density at radius 2 is 1.31 bits per heavy atom. The van der Waals surface area contributed by atoms with Crippen molar-refractivity contribution in [2.75, 3.05) is 39.4 Å². The van der Waals surface area contributed by atoms with Crippen LogP contribution in [-0.2, 0) is 14.3 Å². The van der Waals surface area contributed by atoms with E-state index >= 15 is 0 Å². The number of carbonyl (C=O) groups excluding carboxylic acids is 2. The lowest BCUT2D eigenvalue weighted by Gasteiger charge is -2.36. The summed E-state index contributed by atoms with van der Waals surface area (Å²) in [5, 5.41) is 19.3. The Bertz CT molecular complexity index is 503. The number of carbonyl (C=O) groups is 2. The first-order valence-electron chi connectivity index (χ1n) is 10.7. The maximum Gasteiger partial charge on any atom is 0.222 e. The molecule has 172 valence electrons. The highest BCUT2D eigenvalue weighted by Gasteiger charge is 2.29. The molecule has 0 spiro atoms. The molecule has 2 atom stereocenters. The Hall–Kier alpha value is -1.18. The molecule has 0 fully saturated rings. The number of aliphatic hydroxyl groups excluding tert-OH is 2. The Morgan fingerprint density at radius 1 is 0.897 bits per heavy atom. The zero-order valence-corrected chi connectivity index (χ0v) is 19.8. The van der Waals surface area contributed by atoms with Crippen LogP contribution in [-0.4, -0.2) is 83.4 Å². The second-order valence-electron chi connectivity index (χ2n) is 9.94. The van der Waals surface area contributed by atoms with E-state index in [9.17, 15) is 19.8 Å². The van der Waals surface area contributed by atoms with Crippen LogP contribution < -0.4 is 0 Å². The van der Waals surface area contributed by atoms with Crippen molar-refractivity contribution in [3.63, 3.8) is 0 Å². The minimum Gasteiger partial charge on any atom is -0.392 e. The Labute approximate surface area is 177 Å². The fourth-order valence-electron chi connectivity index (χ4n) is 3.30. The lowest BCUT2D eigenvalue weighted by Crippen LogP contribution is -2.45. The van der Waals surface area contributed by atoms with Gasteiger partial charge in [-0.05, 0) is 20.3 Å². The van der Waals surface area contributed by atoms with Gasteiger partial charge in [-0.25, -0.2) is 0 Å². The molecular weight excluding hydrogens is 372 g/mol. The zero-order chi connectivity index (χ0) is 22.8. The number of amides is 2. The molecule has 0 aromatic rings. The summed E-state index contributed by atoms with van der Waals surface area (Å²) in [5.74, 6) is -0.0143. The van der Waals surface area contributed by atoms with Crippen molar-refractivity contribution < 1.29 is 24.5 Å². The van der Waals surface area contributed by atoms with Crippen molar-refractivity contribution in [2.24, 2.45) is 10.8 Å². The predicted molar refractivity (Wildman–Crippen MR) is 115 cm³/mol. The van der Waals surface area contributed by atoms with Crippen LogP contribution in [0.3, 0.4) is 0 Å². The molecule has 0 aromatic heterocycles. The van der Waals surface area contributed by atoms with Gasteiger partial charge < -0.3 is 24.7 Å². The van der Waals surface area contributed by atoms with E-state index < -0.39 is 12.2 Å². The molecule has 0 aliphatic carbocycles. The van der Waals surface area contributed by atoms with Crippen LogP contribution in [0.25, 0.3) is 0 Å². The van der Waals surface area contributed by atoms with Crippen molar-refractivity contribution in [3.05, 3.63) is 0 Å². The van der Waals surface area contributed by atoms with Gasteiger partial charge in [0.1, 0.15) is 0 Å². The summed E-state index contributed by atoms with van der Waals surface area (Å²) in [6.07, 6.45) is 0.105. The summed E-state index contributed by atoms with van der Waals surface area (Å²) < 4.78 is 5.99. The van der Waals surface area contributed by atoms with Gasteiger partial charge in [-0.1, -0.05) is 34.6 Å². The molecule has 0 aliphatic heterocycles. The summed E-state index contributed by atoms with van der Waals surface area (Å²) in [7, 11) is 0. The third-order valence-electron chi connectivity index (χ3n) is 4.45. The largest absolute Gasteiger partial charge is 0.392 e. The molecule has 0 rings (SSSR count). The first-order chi connectivity index (χ1) is 13.2. The van der Waals surface area contributed by atoms with Gasteiger partial charge in [-0.3, -0.25) is 9.59 Å². The summed E-state index contributed by atoms with van der Waals surface area (Å²) >= 11 is 0. The molecule has 7 heteroatoms. The summed E-state index contributed by atoms with van der Waals surface area (Å²) in [6, 6.07) is 0. The molecule has 2 unspecified atom stereocenters. The quantitative estimate of drug-likeness (QED) is 0.453. The number of hydrogen-bond donors (Lipinski definition) is 2. The van der Waals surface area contributed by atoms with Crippen LogP contribution in [0.15, 0.2) is 0 Å². The normalized spacial score (nSPS) is 14.4. The van der Waals surface area contributed by atoms with Crippen molar-refractivity contribution in [2.45, 2.75) is 80.4 Å². The average Bonchev–Trinajstić information content (AvgIpc) is 2.51. The second kappa shape index (κ2) is 12.5. The fourth-order valence-corrected chi connectivity index (χ4v) is 3.30.